The van der Waals surface area contributed by atoms with Gasteiger partial charge in [0, 0.05) is 5.56 Å². The van der Waals surface area contributed by atoms with Crippen LogP contribution in [0.15, 0.2) is 78.9 Å². The Balaban J connectivity index is 1.84. The third-order valence-electron chi connectivity index (χ3n) is 3.15. The molecule has 0 spiro atoms. The summed E-state index contributed by atoms with van der Waals surface area (Å²) in [5, 5.41) is 0. The van der Waals surface area contributed by atoms with E-state index in [1.807, 2.05) is 60.7 Å². The molecule has 0 atom stereocenters. The Hall–Kier alpha value is -2.54. The second-order valence-corrected chi connectivity index (χ2v) is 4.56. The van der Waals surface area contributed by atoms with E-state index in [2.05, 4.69) is 24.3 Å². The average Bonchev–Trinajstić information content (AvgIpc) is 2.55. The fourth-order valence-corrected chi connectivity index (χ4v) is 2.13. The van der Waals surface area contributed by atoms with E-state index in [0.717, 1.165) is 16.9 Å². The van der Waals surface area contributed by atoms with E-state index in [1.165, 1.54) is 5.56 Å². The molecule has 0 heterocycles. The molecule has 0 saturated heterocycles. The molecular weight excluding hydrogens is 244 g/mol. The van der Waals surface area contributed by atoms with Crippen molar-refractivity contribution in [3.05, 3.63) is 90.5 Å². The summed E-state index contributed by atoms with van der Waals surface area (Å²) < 4.78 is 5.97. The highest BCUT2D eigenvalue weighted by Crippen LogP contribution is 2.29. The highest BCUT2D eigenvalue weighted by atomic mass is 16.5. The maximum atomic E-state index is 5.97. The largest absolute Gasteiger partial charge is 0.488 e. The maximum absolute atomic E-state index is 5.97. The van der Waals surface area contributed by atoms with Crippen molar-refractivity contribution in [2.45, 2.75) is 6.61 Å². The first kappa shape index (κ1) is 12.5. The van der Waals surface area contributed by atoms with Crippen molar-refractivity contribution in [1.29, 1.82) is 0 Å². The number of hydrogen-bond acceptors (Lipinski definition) is 1. The van der Waals surface area contributed by atoms with Crippen LogP contribution >= 0.6 is 0 Å². The lowest BCUT2D eigenvalue weighted by Crippen LogP contribution is -1.96. The van der Waals surface area contributed by atoms with Crippen LogP contribution in [0.3, 0.4) is 0 Å². The standard InChI is InChI=1S/C19H15O/c1-3-9-16(10-4-1)15-20-19-14-8-7-13-18(19)17-11-5-2-6-12-17/h1,3-14H,15H2. The predicted molar refractivity (Wildman–Crippen MR) is 81.5 cm³/mol. The smallest absolute Gasteiger partial charge is 0.127 e. The van der Waals surface area contributed by atoms with Gasteiger partial charge in [-0.25, -0.2) is 0 Å². The first-order chi connectivity index (χ1) is 9.93. The Morgan fingerprint density at radius 3 is 2.25 bits per heavy atom. The molecule has 0 aliphatic rings. The topological polar surface area (TPSA) is 9.23 Å². The van der Waals surface area contributed by atoms with Crippen LogP contribution < -0.4 is 4.74 Å². The lowest BCUT2D eigenvalue weighted by Gasteiger charge is -2.11. The van der Waals surface area contributed by atoms with Crippen molar-refractivity contribution in [3.63, 3.8) is 0 Å². The highest BCUT2D eigenvalue weighted by molar-refractivity contribution is 5.70. The number of rotatable bonds is 4. The van der Waals surface area contributed by atoms with E-state index in [9.17, 15) is 0 Å². The van der Waals surface area contributed by atoms with Gasteiger partial charge in [0.15, 0.2) is 0 Å². The molecule has 1 radical (unpaired) electrons. The van der Waals surface area contributed by atoms with E-state index in [1.54, 1.807) is 0 Å². The minimum absolute atomic E-state index is 0.580. The minimum atomic E-state index is 0.580. The Morgan fingerprint density at radius 1 is 0.750 bits per heavy atom. The summed E-state index contributed by atoms with van der Waals surface area (Å²) in [7, 11) is 0. The van der Waals surface area contributed by atoms with Gasteiger partial charge in [-0.05, 0) is 23.3 Å². The third kappa shape index (κ3) is 2.89. The Kier molecular flexibility index (Phi) is 3.79. The van der Waals surface area contributed by atoms with Crippen LogP contribution in [-0.4, -0.2) is 0 Å². The van der Waals surface area contributed by atoms with Gasteiger partial charge in [-0.15, -0.1) is 0 Å². The molecule has 3 rings (SSSR count). The Bertz CT molecular complexity index is 660. The molecule has 0 N–H and O–H groups in total. The highest BCUT2D eigenvalue weighted by Gasteiger charge is 2.05. The molecule has 0 aromatic heterocycles. The molecule has 1 nitrogen and oxygen atoms in total. The summed E-state index contributed by atoms with van der Waals surface area (Å²) in [6, 6.07) is 29.3. The van der Waals surface area contributed by atoms with Gasteiger partial charge in [-0.1, -0.05) is 72.8 Å². The van der Waals surface area contributed by atoms with Crippen LogP contribution in [0.1, 0.15) is 5.56 Å². The molecule has 20 heavy (non-hydrogen) atoms. The summed E-state index contributed by atoms with van der Waals surface area (Å²) in [5.74, 6) is 0.905. The summed E-state index contributed by atoms with van der Waals surface area (Å²) >= 11 is 0. The number of hydrogen-bond donors (Lipinski definition) is 0. The van der Waals surface area contributed by atoms with Crippen molar-refractivity contribution in [2.75, 3.05) is 0 Å². The molecule has 1 heteroatoms. The molecule has 0 fully saturated rings. The lowest BCUT2D eigenvalue weighted by atomic mass is 10.1. The second kappa shape index (κ2) is 6.07. The molecule has 0 unspecified atom stereocenters. The van der Waals surface area contributed by atoms with E-state index in [4.69, 9.17) is 4.74 Å². The summed E-state index contributed by atoms with van der Waals surface area (Å²) in [6.45, 7) is 0.580. The zero-order valence-corrected chi connectivity index (χ0v) is 11.1. The van der Waals surface area contributed by atoms with Gasteiger partial charge in [0.2, 0.25) is 0 Å². The fourth-order valence-electron chi connectivity index (χ4n) is 2.13. The third-order valence-corrected chi connectivity index (χ3v) is 3.15. The molecule has 0 aliphatic heterocycles. The Labute approximate surface area is 119 Å². The zero-order valence-electron chi connectivity index (χ0n) is 11.1. The quantitative estimate of drug-likeness (QED) is 0.658. The lowest BCUT2D eigenvalue weighted by molar-refractivity contribution is 0.307. The van der Waals surface area contributed by atoms with Gasteiger partial charge in [-0.3, -0.25) is 0 Å². The zero-order chi connectivity index (χ0) is 13.6. The van der Waals surface area contributed by atoms with Crippen molar-refractivity contribution in [1.82, 2.24) is 0 Å². The molecular formula is C19H15O. The molecule has 0 amide bonds. The van der Waals surface area contributed by atoms with Crippen molar-refractivity contribution in [2.24, 2.45) is 0 Å². The normalized spacial score (nSPS) is 10.2. The number of para-hydroxylation sites is 1. The SMILES string of the molecule is [c]1ccc(-c2ccccc2OCc2ccccc2)cc1. The van der Waals surface area contributed by atoms with Crippen LogP contribution in [0.5, 0.6) is 5.75 Å². The number of benzene rings is 3. The maximum Gasteiger partial charge on any atom is 0.127 e. The average molecular weight is 259 g/mol. The molecule has 3 aromatic rings. The van der Waals surface area contributed by atoms with Crippen molar-refractivity contribution in [3.8, 4) is 16.9 Å². The van der Waals surface area contributed by atoms with E-state index < -0.39 is 0 Å². The van der Waals surface area contributed by atoms with Gasteiger partial charge in [-0.2, -0.15) is 0 Å². The van der Waals surface area contributed by atoms with Gasteiger partial charge < -0.3 is 4.74 Å². The van der Waals surface area contributed by atoms with Gasteiger partial charge >= 0.3 is 0 Å². The monoisotopic (exact) mass is 259 g/mol. The van der Waals surface area contributed by atoms with Gasteiger partial charge in [0.05, 0.1) is 0 Å². The van der Waals surface area contributed by atoms with Crippen LogP contribution in [0, 0.1) is 6.07 Å². The van der Waals surface area contributed by atoms with Gasteiger partial charge in [0.1, 0.15) is 12.4 Å². The van der Waals surface area contributed by atoms with E-state index in [-0.39, 0.29) is 0 Å². The van der Waals surface area contributed by atoms with E-state index >= 15 is 0 Å². The molecule has 0 saturated carbocycles. The molecule has 0 bridgehead atoms. The molecule has 0 aliphatic carbocycles. The molecule has 3 aromatic carbocycles. The van der Waals surface area contributed by atoms with E-state index in [0.29, 0.717) is 6.61 Å². The molecule has 97 valence electrons. The predicted octanol–water partition coefficient (Wildman–Crippen LogP) is 4.73. The van der Waals surface area contributed by atoms with Crippen LogP contribution in [0.25, 0.3) is 11.1 Å². The van der Waals surface area contributed by atoms with Crippen LogP contribution in [-0.2, 0) is 6.61 Å². The first-order valence-electron chi connectivity index (χ1n) is 6.66. The van der Waals surface area contributed by atoms with Crippen LogP contribution in [0.2, 0.25) is 0 Å². The van der Waals surface area contributed by atoms with Gasteiger partial charge in [0.25, 0.3) is 0 Å². The fraction of sp³-hybridized carbons (Fsp3) is 0.0526. The van der Waals surface area contributed by atoms with Crippen molar-refractivity contribution >= 4 is 0 Å². The van der Waals surface area contributed by atoms with Crippen LogP contribution in [0.4, 0.5) is 0 Å². The summed E-state index contributed by atoms with van der Waals surface area (Å²) in [6.07, 6.45) is 0. The first-order valence-corrected chi connectivity index (χ1v) is 6.66. The summed E-state index contributed by atoms with van der Waals surface area (Å²) in [4.78, 5) is 0. The number of ether oxygens (including phenoxy) is 1. The second-order valence-electron chi connectivity index (χ2n) is 4.56. The Morgan fingerprint density at radius 2 is 1.45 bits per heavy atom. The van der Waals surface area contributed by atoms with Crippen molar-refractivity contribution < 1.29 is 4.74 Å². The minimum Gasteiger partial charge on any atom is -0.488 e. The summed E-state index contributed by atoms with van der Waals surface area (Å²) in [5.41, 5.74) is 3.42.